The first kappa shape index (κ1) is 33.1. The zero-order valence-corrected chi connectivity index (χ0v) is 29.2. The second-order valence-electron chi connectivity index (χ2n) is 13.6. The summed E-state index contributed by atoms with van der Waals surface area (Å²) in [5.74, 6) is -0.161. The number of pyridine rings is 2. The normalized spacial score (nSPS) is 18.7. The number of carbonyl (C=O) groups excluding carboxylic acids is 2. The van der Waals surface area contributed by atoms with Gasteiger partial charge in [0.2, 0.25) is 0 Å². The highest BCUT2D eigenvalue weighted by molar-refractivity contribution is 7.98. The van der Waals surface area contributed by atoms with Crippen LogP contribution in [0.5, 0.6) is 5.75 Å². The van der Waals surface area contributed by atoms with Gasteiger partial charge in [0.25, 0.3) is 0 Å². The molecular weight excluding hydrogens is 647 g/mol. The molecule has 0 N–H and O–H groups in total. The second-order valence-corrected chi connectivity index (χ2v) is 14.4. The molecule has 1 amide bonds. The number of hydrogen-bond donors (Lipinski definition) is 0. The van der Waals surface area contributed by atoms with Gasteiger partial charge in [0.05, 0.1) is 31.1 Å². The molecule has 2 bridgehead atoms. The van der Waals surface area contributed by atoms with Crippen LogP contribution in [0.1, 0.15) is 45.3 Å². The maximum atomic E-state index is 17.0. The summed E-state index contributed by atoms with van der Waals surface area (Å²) in [6.07, 6.45) is 4.69. The lowest BCUT2D eigenvalue weighted by molar-refractivity contribution is -0.140. The van der Waals surface area contributed by atoms with E-state index < -0.39 is 11.4 Å². The first-order valence-corrected chi connectivity index (χ1v) is 17.5. The Morgan fingerprint density at radius 2 is 1.88 bits per heavy atom. The molecular formula is C37H39FN4O6S. The number of carbonyl (C=O) groups is 2. The highest BCUT2D eigenvalue weighted by atomic mass is 32.2. The van der Waals surface area contributed by atoms with E-state index in [0.29, 0.717) is 34.7 Å². The van der Waals surface area contributed by atoms with Crippen LogP contribution in [0.25, 0.3) is 43.8 Å². The number of aryl methyl sites for hydroxylation is 1. The predicted octanol–water partition coefficient (Wildman–Crippen LogP) is 7.53. The van der Waals surface area contributed by atoms with E-state index in [-0.39, 0.29) is 54.5 Å². The highest BCUT2D eigenvalue weighted by Gasteiger charge is 2.56. The summed E-state index contributed by atoms with van der Waals surface area (Å²) < 4.78 is 40.8. The van der Waals surface area contributed by atoms with Gasteiger partial charge in [0, 0.05) is 47.8 Å². The van der Waals surface area contributed by atoms with Crippen LogP contribution in [-0.4, -0.2) is 77.0 Å². The topological polar surface area (TPSA) is 105 Å². The number of nitrogens with zero attached hydrogens (tertiary/aromatic N) is 4. The van der Waals surface area contributed by atoms with Crippen molar-refractivity contribution < 1.29 is 32.9 Å². The zero-order valence-electron chi connectivity index (χ0n) is 28.4. The molecule has 5 aromatic rings. The number of benzene rings is 2. The van der Waals surface area contributed by atoms with Gasteiger partial charge < -0.3 is 28.4 Å². The van der Waals surface area contributed by atoms with Crippen LogP contribution >= 0.6 is 11.8 Å². The van der Waals surface area contributed by atoms with Crippen molar-refractivity contribution in [2.75, 3.05) is 33.8 Å². The van der Waals surface area contributed by atoms with E-state index in [4.69, 9.17) is 28.9 Å². The molecule has 49 heavy (non-hydrogen) atoms. The molecule has 1 aliphatic carbocycles. The Morgan fingerprint density at radius 3 is 2.61 bits per heavy atom. The fourth-order valence-electron chi connectivity index (χ4n) is 7.34. The van der Waals surface area contributed by atoms with Gasteiger partial charge >= 0.3 is 12.1 Å². The third-order valence-corrected chi connectivity index (χ3v) is 10.1. The van der Waals surface area contributed by atoms with Crippen LogP contribution in [0, 0.1) is 11.7 Å². The summed E-state index contributed by atoms with van der Waals surface area (Å²) in [6.45, 7) is 6.18. The molecule has 0 spiro atoms. The van der Waals surface area contributed by atoms with Gasteiger partial charge in [0.1, 0.15) is 27.6 Å². The maximum absolute atomic E-state index is 17.0. The first-order chi connectivity index (χ1) is 23.5. The standard InChI is InChI=1S/C37H39FN4O6S/c1-37(2,3)48-36(44)41-18-21-14-28(41)33(21)42-22(11-12-29(43)46-5)15-26-34(42)27-17-39-31(30(38)32(27)40-35(26)49-6)25-16-23(47-19-45-4)13-20-9-7-8-10-24(20)25/h7-10,13,15-17,21,28,33H,11-12,14,18-19H2,1-6H3. The number of aromatic nitrogens is 3. The van der Waals surface area contributed by atoms with Gasteiger partial charge in [-0.15, -0.1) is 11.8 Å². The van der Waals surface area contributed by atoms with E-state index in [1.807, 2.05) is 68.3 Å². The number of methoxy groups -OCH3 is 2. The van der Waals surface area contributed by atoms with Crippen LogP contribution in [0.3, 0.4) is 0 Å². The lowest BCUT2D eigenvalue weighted by atomic mass is 9.79. The van der Waals surface area contributed by atoms with Crippen LogP contribution in [0.2, 0.25) is 0 Å². The van der Waals surface area contributed by atoms with Gasteiger partial charge in [0.15, 0.2) is 12.6 Å². The summed E-state index contributed by atoms with van der Waals surface area (Å²) >= 11 is 1.43. The second kappa shape index (κ2) is 12.8. The number of esters is 1. The number of rotatable bonds is 9. The molecule has 12 heteroatoms. The molecule has 5 heterocycles. The Bertz CT molecular complexity index is 2110. The molecule has 3 aliphatic rings. The highest BCUT2D eigenvalue weighted by Crippen LogP contribution is 2.53. The van der Waals surface area contributed by atoms with E-state index >= 15 is 4.39 Å². The molecule has 0 radical (unpaired) electrons. The van der Waals surface area contributed by atoms with E-state index in [1.165, 1.54) is 18.9 Å². The summed E-state index contributed by atoms with van der Waals surface area (Å²) in [7, 11) is 2.92. The van der Waals surface area contributed by atoms with Crippen molar-refractivity contribution in [2.24, 2.45) is 5.92 Å². The fourth-order valence-corrected chi connectivity index (χ4v) is 7.90. The van der Waals surface area contributed by atoms with E-state index in [1.54, 1.807) is 19.4 Å². The Balaban J connectivity index is 1.42. The minimum absolute atomic E-state index is 0.0475. The lowest BCUT2D eigenvalue weighted by Crippen LogP contribution is -2.44. The number of fused-ring (bicyclic) bond motifs is 5. The zero-order chi connectivity index (χ0) is 34.6. The Hall–Kier alpha value is -4.42. The third-order valence-electron chi connectivity index (χ3n) is 9.43. The SMILES string of the molecule is COCOc1cc(-c2ncc3c(nc(SC)c4cc(CCC(=O)OC)n(C5C6CC5N(C(=O)OC(C)(C)C)C6)c43)c2F)c2ccccc2c1. The third kappa shape index (κ3) is 5.84. The van der Waals surface area contributed by atoms with Gasteiger partial charge in [-0.3, -0.25) is 9.78 Å². The summed E-state index contributed by atoms with van der Waals surface area (Å²) in [4.78, 5) is 37.0. The average molecular weight is 687 g/mol. The molecule has 2 aliphatic heterocycles. The van der Waals surface area contributed by atoms with Gasteiger partial charge in [-0.1, -0.05) is 24.3 Å². The largest absolute Gasteiger partial charge is 0.469 e. The number of halogens is 1. The molecule has 2 aromatic carbocycles. The molecule has 3 unspecified atom stereocenters. The van der Waals surface area contributed by atoms with Crippen LogP contribution in [0.4, 0.5) is 9.18 Å². The number of hydrogen-bond acceptors (Lipinski definition) is 9. The van der Waals surface area contributed by atoms with Crippen LogP contribution in [-0.2, 0) is 25.4 Å². The molecule has 256 valence electrons. The quantitative estimate of drug-likeness (QED) is 0.0884. The first-order valence-electron chi connectivity index (χ1n) is 16.3. The lowest BCUT2D eigenvalue weighted by Gasteiger charge is -2.39. The van der Waals surface area contributed by atoms with E-state index in [9.17, 15) is 9.59 Å². The molecule has 3 atom stereocenters. The Labute approximate surface area is 287 Å². The van der Waals surface area contributed by atoms with Gasteiger partial charge in [-0.05, 0) is 68.8 Å². The van der Waals surface area contributed by atoms with Crippen molar-refractivity contribution in [3.63, 3.8) is 0 Å². The van der Waals surface area contributed by atoms with Crippen LogP contribution < -0.4 is 4.74 Å². The molecule has 10 nitrogen and oxygen atoms in total. The molecule has 3 aromatic heterocycles. The average Bonchev–Trinajstić information content (AvgIpc) is 3.78. The van der Waals surface area contributed by atoms with Gasteiger partial charge in [-0.25, -0.2) is 14.2 Å². The number of amides is 1. The minimum atomic E-state index is -0.623. The molecule has 8 rings (SSSR count). The van der Waals surface area contributed by atoms with Crippen molar-refractivity contribution in [3.8, 4) is 17.0 Å². The van der Waals surface area contributed by atoms with Crippen LogP contribution in [0.15, 0.2) is 53.7 Å². The number of thioether (sulfide) groups is 1. The van der Waals surface area contributed by atoms with E-state index in [2.05, 4.69) is 4.57 Å². The van der Waals surface area contributed by atoms with Gasteiger partial charge in [-0.2, -0.15) is 0 Å². The van der Waals surface area contributed by atoms with Crippen molar-refractivity contribution in [1.29, 1.82) is 0 Å². The molecule has 2 saturated heterocycles. The molecule has 1 saturated carbocycles. The van der Waals surface area contributed by atoms with Crippen molar-refractivity contribution in [3.05, 3.63) is 60.2 Å². The molecule has 3 fully saturated rings. The maximum Gasteiger partial charge on any atom is 0.410 e. The van der Waals surface area contributed by atoms with Crippen molar-refractivity contribution in [2.45, 2.75) is 62.7 Å². The summed E-state index contributed by atoms with van der Waals surface area (Å²) in [5.41, 5.74) is 2.00. The Morgan fingerprint density at radius 1 is 1.08 bits per heavy atom. The van der Waals surface area contributed by atoms with E-state index in [0.717, 1.165) is 33.8 Å². The summed E-state index contributed by atoms with van der Waals surface area (Å²) in [6, 6.07) is 13.2. The predicted molar refractivity (Wildman–Crippen MR) is 186 cm³/mol. The Kier molecular flexibility index (Phi) is 8.64. The van der Waals surface area contributed by atoms with Crippen molar-refractivity contribution in [1.82, 2.24) is 19.4 Å². The smallest absolute Gasteiger partial charge is 0.410 e. The minimum Gasteiger partial charge on any atom is -0.469 e. The monoisotopic (exact) mass is 686 g/mol. The fraction of sp³-hybridized carbons (Fsp3) is 0.405. The summed E-state index contributed by atoms with van der Waals surface area (Å²) in [5, 5.41) is 3.77. The number of ether oxygens (including phenoxy) is 4. The van der Waals surface area contributed by atoms with Crippen molar-refractivity contribution >= 4 is 56.4 Å².